The average Bonchev–Trinajstić information content (AvgIpc) is 3.23. The molecule has 0 saturated carbocycles. The fraction of sp³-hybridized carbons (Fsp3) is 0.333. The van der Waals surface area contributed by atoms with Crippen LogP contribution in [0, 0.1) is 0 Å². The number of aryl methyl sites for hydroxylation is 1. The Morgan fingerprint density at radius 3 is 2.91 bits per heavy atom. The van der Waals surface area contributed by atoms with Crippen molar-refractivity contribution in [3.8, 4) is 0 Å². The fourth-order valence-corrected chi connectivity index (χ4v) is 5.75. The molecule has 178 valence electrons. The molecule has 2 amide bonds. The van der Waals surface area contributed by atoms with E-state index < -0.39 is 29.2 Å². The monoisotopic (exact) mass is 505 g/mol. The van der Waals surface area contributed by atoms with E-state index in [1.54, 1.807) is 7.05 Å². The van der Waals surface area contributed by atoms with Crippen molar-refractivity contribution in [3.63, 3.8) is 0 Å². The molecule has 14 nitrogen and oxygen atoms in total. The third-order valence-corrected chi connectivity index (χ3v) is 7.38. The molecule has 2 aromatic heterocycles. The topological polar surface area (TPSA) is 191 Å². The summed E-state index contributed by atoms with van der Waals surface area (Å²) in [6, 6.07) is 2.05. The van der Waals surface area contributed by atoms with Crippen LogP contribution in [-0.4, -0.2) is 88.7 Å². The zero-order valence-corrected chi connectivity index (χ0v) is 19.5. The number of rotatable bonds is 8. The highest BCUT2D eigenvalue weighted by Gasteiger charge is 2.54. The number of nitrogens with zero attached hydrogens (tertiary/aromatic N) is 7. The van der Waals surface area contributed by atoms with E-state index in [0.717, 1.165) is 0 Å². The van der Waals surface area contributed by atoms with Crippen molar-refractivity contribution in [2.45, 2.75) is 16.6 Å². The third kappa shape index (κ3) is 4.41. The van der Waals surface area contributed by atoms with Gasteiger partial charge < -0.3 is 21.0 Å². The number of tetrazole rings is 1. The lowest BCUT2D eigenvalue weighted by atomic mass is 10.0. The van der Waals surface area contributed by atoms with E-state index in [0.29, 0.717) is 27.8 Å². The Labute approximate surface area is 201 Å². The van der Waals surface area contributed by atoms with E-state index >= 15 is 0 Å². The van der Waals surface area contributed by atoms with Crippen LogP contribution in [0.2, 0.25) is 0 Å². The number of nitrogens with two attached hydrogens (primary N) is 1. The minimum absolute atomic E-state index is 0.0884. The molecule has 34 heavy (non-hydrogen) atoms. The highest BCUT2D eigenvalue weighted by molar-refractivity contribution is 8.01. The number of aliphatic carboxylic acids is 1. The number of carboxylic acid groups (broad SMARTS) is 1. The van der Waals surface area contributed by atoms with Crippen LogP contribution in [0.4, 0.5) is 5.82 Å². The number of carbonyl (C=O) groups is 3. The number of hydrogen-bond donors (Lipinski definition) is 3. The second-order valence-electron chi connectivity index (χ2n) is 7.08. The molecule has 0 aromatic carbocycles. The van der Waals surface area contributed by atoms with Gasteiger partial charge in [-0.2, -0.15) is 0 Å². The standard InChI is InChI=1S/C18H19N9O5S2/c1-26-18(22-24-25-26)34-7-9-6-33-16-12(15(29)27(16)13(9)17(30)31)21-14(28)11(23-32-2)8-3-4-20-10(19)5-8/h3-5,12,16H,6-7H2,1-2H3,(H2,19,20)(H,21,28)(H,30,31)/t12?,16-/m1/s1. The number of carbonyl (C=O) groups excluding carboxylic acids is 2. The highest BCUT2D eigenvalue weighted by Crippen LogP contribution is 2.41. The van der Waals surface area contributed by atoms with Crippen LogP contribution in [0.15, 0.2) is 39.9 Å². The molecule has 1 unspecified atom stereocenters. The Morgan fingerprint density at radius 2 is 2.26 bits per heavy atom. The summed E-state index contributed by atoms with van der Waals surface area (Å²) >= 11 is 2.63. The number of nitrogen functional groups attached to an aromatic ring is 1. The average molecular weight is 506 g/mol. The Kier molecular flexibility index (Phi) is 6.69. The summed E-state index contributed by atoms with van der Waals surface area (Å²) in [5, 5.41) is 27.3. The molecule has 2 aliphatic heterocycles. The van der Waals surface area contributed by atoms with E-state index in [1.807, 2.05) is 0 Å². The van der Waals surface area contributed by atoms with Gasteiger partial charge in [0, 0.05) is 30.3 Å². The number of nitrogens with one attached hydrogen (secondary N) is 1. The van der Waals surface area contributed by atoms with E-state index in [4.69, 9.17) is 10.6 Å². The molecular weight excluding hydrogens is 486 g/mol. The second kappa shape index (κ2) is 9.68. The number of pyridine rings is 1. The second-order valence-corrected chi connectivity index (χ2v) is 9.13. The molecule has 2 atom stereocenters. The van der Waals surface area contributed by atoms with E-state index in [9.17, 15) is 19.5 Å². The summed E-state index contributed by atoms with van der Waals surface area (Å²) in [5.74, 6) is -1.57. The van der Waals surface area contributed by atoms with Crippen molar-refractivity contribution < 1.29 is 24.3 Å². The van der Waals surface area contributed by atoms with Gasteiger partial charge >= 0.3 is 5.97 Å². The third-order valence-electron chi connectivity index (χ3n) is 4.95. The van der Waals surface area contributed by atoms with Crippen LogP contribution in [0.5, 0.6) is 0 Å². The number of oxime groups is 1. The number of fused-ring (bicyclic) bond motifs is 1. The lowest BCUT2D eigenvalue weighted by Crippen LogP contribution is -2.71. The summed E-state index contributed by atoms with van der Waals surface area (Å²) in [4.78, 5) is 47.7. The first kappa shape index (κ1) is 23.5. The maximum Gasteiger partial charge on any atom is 0.352 e. The predicted molar refractivity (Wildman–Crippen MR) is 121 cm³/mol. The van der Waals surface area contributed by atoms with E-state index in [2.05, 4.69) is 31.0 Å². The SMILES string of the molecule is CON=C(C(=O)NC1C(=O)N2C(C(=O)O)=C(CSc3nnnn3C)CS[C@H]12)c1ccnc(N)c1. The number of aromatic nitrogens is 5. The Balaban J connectivity index is 1.50. The number of β-lactam (4-membered cyclic amide) rings is 1. The van der Waals surface area contributed by atoms with Crippen molar-refractivity contribution in [1.82, 2.24) is 35.4 Å². The van der Waals surface area contributed by atoms with Crippen LogP contribution in [0.3, 0.4) is 0 Å². The van der Waals surface area contributed by atoms with E-state index in [1.165, 1.54) is 58.5 Å². The largest absolute Gasteiger partial charge is 0.477 e. The number of hydrogen-bond acceptors (Lipinski definition) is 12. The van der Waals surface area contributed by atoms with Gasteiger partial charge in [-0.3, -0.25) is 14.5 Å². The summed E-state index contributed by atoms with van der Waals surface area (Å²) in [7, 11) is 2.96. The molecule has 0 bridgehead atoms. The Bertz CT molecular complexity index is 1210. The summed E-state index contributed by atoms with van der Waals surface area (Å²) < 4.78 is 1.47. The van der Waals surface area contributed by atoms with Crippen molar-refractivity contribution in [1.29, 1.82) is 0 Å². The number of thioether (sulfide) groups is 2. The van der Waals surface area contributed by atoms with Gasteiger partial charge in [0.25, 0.3) is 11.8 Å². The zero-order valence-electron chi connectivity index (χ0n) is 17.9. The van der Waals surface area contributed by atoms with Gasteiger partial charge in [-0.25, -0.2) is 14.5 Å². The van der Waals surface area contributed by atoms with E-state index in [-0.39, 0.29) is 17.2 Å². The summed E-state index contributed by atoms with van der Waals surface area (Å²) in [6.45, 7) is 0. The van der Waals surface area contributed by atoms with Gasteiger partial charge in [-0.15, -0.1) is 16.9 Å². The van der Waals surface area contributed by atoms with Gasteiger partial charge in [-0.1, -0.05) is 16.9 Å². The van der Waals surface area contributed by atoms with Gasteiger partial charge in [0.1, 0.15) is 30.0 Å². The molecule has 4 rings (SSSR count). The lowest BCUT2D eigenvalue weighted by Gasteiger charge is -2.49. The first-order chi connectivity index (χ1) is 16.3. The molecule has 4 N–H and O–H groups in total. The zero-order chi connectivity index (χ0) is 24.4. The van der Waals surface area contributed by atoms with Crippen LogP contribution >= 0.6 is 23.5 Å². The van der Waals surface area contributed by atoms with Gasteiger partial charge in [0.05, 0.1) is 0 Å². The van der Waals surface area contributed by atoms with Crippen molar-refractivity contribution in [3.05, 3.63) is 35.2 Å². The molecule has 16 heteroatoms. The van der Waals surface area contributed by atoms with Crippen LogP contribution < -0.4 is 11.1 Å². The fourth-order valence-electron chi connectivity index (χ4n) is 3.41. The molecule has 0 aliphatic carbocycles. The molecule has 1 saturated heterocycles. The minimum atomic E-state index is -1.22. The molecule has 4 heterocycles. The normalized spacial score (nSPS) is 20.0. The van der Waals surface area contributed by atoms with Crippen LogP contribution in [-0.2, 0) is 26.3 Å². The Hall–Kier alpha value is -3.66. The van der Waals surface area contributed by atoms with Gasteiger partial charge in [-0.05, 0) is 28.1 Å². The number of anilines is 1. The van der Waals surface area contributed by atoms with Crippen molar-refractivity contribution in [2.75, 3.05) is 24.3 Å². The molecule has 1 fully saturated rings. The molecule has 2 aliphatic rings. The van der Waals surface area contributed by atoms with Crippen LogP contribution in [0.25, 0.3) is 0 Å². The Morgan fingerprint density at radius 1 is 1.47 bits per heavy atom. The minimum Gasteiger partial charge on any atom is -0.477 e. The summed E-state index contributed by atoms with van der Waals surface area (Å²) in [6.07, 6.45) is 1.41. The molecule has 0 radical (unpaired) electrons. The summed E-state index contributed by atoms with van der Waals surface area (Å²) in [5.41, 5.74) is 6.43. The maximum absolute atomic E-state index is 12.9. The smallest absolute Gasteiger partial charge is 0.352 e. The molecule has 0 spiro atoms. The van der Waals surface area contributed by atoms with Gasteiger partial charge in [0.15, 0.2) is 5.71 Å². The molecule has 2 aromatic rings. The predicted octanol–water partition coefficient (Wildman–Crippen LogP) is -0.931. The maximum atomic E-state index is 12.9. The van der Waals surface area contributed by atoms with Gasteiger partial charge in [0.2, 0.25) is 5.16 Å². The molecular formula is C18H19N9O5S2. The quantitative estimate of drug-likeness (QED) is 0.173. The number of amides is 2. The van der Waals surface area contributed by atoms with Crippen molar-refractivity contribution >= 4 is 52.8 Å². The first-order valence-corrected chi connectivity index (χ1v) is 11.7. The highest BCUT2D eigenvalue weighted by atomic mass is 32.2. The van der Waals surface area contributed by atoms with Crippen LogP contribution in [0.1, 0.15) is 5.56 Å². The lowest BCUT2D eigenvalue weighted by molar-refractivity contribution is -0.150. The number of carboxylic acids is 1. The first-order valence-electron chi connectivity index (χ1n) is 9.71. The van der Waals surface area contributed by atoms with Crippen molar-refractivity contribution in [2.24, 2.45) is 12.2 Å².